The summed E-state index contributed by atoms with van der Waals surface area (Å²) in [6.07, 6.45) is 1.70. The van der Waals surface area contributed by atoms with Crippen LogP contribution in [0.25, 0.3) is 0 Å². The number of rotatable bonds is 3. The predicted molar refractivity (Wildman–Crippen MR) is 91.6 cm³/mol. The van der Waals surface area contributed by atoms with E-state index < -0.39 is 21.7 Å². The van der Waals surface area contributed by atoms with E-state index in [9.17, 15) is 17.6 Å². The average molecular weight is 381 g/mol. The number of nitrogens with zero attached hydrogens (tertiary/aromatic N) is 1. The van der Waals surface area contributed by atoms with Gasteiger partial charge in [0.15, 0.2) is 0 Å². The molecule has 1 N–H and O–H groups in total. The molecule has 8 heteroatoms. The fourth-order valence-corrected chi connectivity index (χ4v) is 5.08. The summed E-state index contributed by atoms with van der Waals surface area (Å²) in [5.41, 5.74) is 1.14. The van der Waals surface area contributed by atoms with Crippen molar-refractivity contribution in [1.29, 1.82) is 0 Å². The van der Waals surface area contributed by atoms with Crippen molar-refractivity contribution in [1.82, 2.24) is 4.31 Å². The monoisotopic (exact) mass is 380 g/mol. The number of sulfonamides is 1. The lowest BCUT2D eigenvalue weighted by Gasteiger charge is -2.12. The first-order chi connectivity index (χ1) is 11.9. The molecule has 2 aromatic rings. The molecule has 0 bridgehead atoms. The number of amides is 1. The molecule has 5 nitrogen and oxygen atoms in total. The number of halogens is 2. The molecule has 1 amide bonds. The average Bonchev–Trinajstić information content (AvgIpc) is 3.36. The normalized spacial score (nSPS) is 18.8. The molecule has 4 rings (SSSR count). The Morgan fingerprint density at radius 3 is 2.68 bits per heavy atom. The summed E-state index contributed by atoms with van der Waals surface area (Å²) >= 11 is 5.72. The van der Waals surface area contributed by atoms with Crippen molar-refractivity contribution < 1.29 is 17.6 Å². The van der Waals surface area contributed by atoms with Crippen LogP contribution in [0.4, 0.5) is 10.1 Å². The SMILES string of the molecule is O=C(Nc1ccc(F)c(Cl)c1)c1cccc2c1CN(C1CC1)S2(=O)=O. The highest BCUT2D eigenvalue weighted by molar-refractivity contribution is 7.89. The summed E-state index contributed by atoms with van der Waals surface area (Å²) in [4.78, 5) is 12.8. The largest absolute Gasteiger partial charge is 0.322 e. The number of anilines is 1. The van der Waals surface area contributed by atoms with Crippen molar-refractivity contribution in [2.75, 3.05) is 5.32 Å². The van der Waals surface area contributed by atoms with Gasteiger partial charge in [-0.1, -0.05) is 17.7 Å². The molecule has 1 aliphatic heterocycles. The standard InChI is InChI=1S/C17H14ClFN2O3S/c18-14-8-10(4-7-15(14)19)20-17(22)12-2-1-3-16-13(12)9-21(11-5-6-11)25(16,23)24/h1-4,7-8,11H,5-6,9H2,(H,20,22). The van der Waals surface area contributed by atoms with Crippen LogP contribution in [0.5, 0.6) is 0 Å². The van der Waals surface area contributed by atoms with Crippen molar-refractivity contribution in [3.05, 3.63) is 58.4 Å². The van der Waals surface area contributed by atoms with E-state index in [1.807, 2.05) is 0 Å². The summed E-state index contributed by atoms with van der Waals surface area (Å²) in [6, 6.07) is 8.57. The van der Waals surface area contributed by atoms with Gasteiger partial charge in [0.25, 0.3) is 5.91 Å². The van der Waals surface area contributed by atoms with Crippen molar-refractivity contribution in [3.63, 3.8) is 0 Å². The Morgan fingerprint density at radius 2 is 2.00 bits per heavy atom. The lowest BCUT2D eigenvalue weighted by Crippen LogP contribution is -2.26. The quantitative estimate of drug-likeness (QED) is 0.887. The van der Waals surface area contributed by atoms with Gasteiger partial charge in [-0.05, 0) is 43.2 Å². The number of nitrogens with one attached hydrogen (secondary N) is 1. The smallest absolute Gasteiger partial charge is 0.256 e. The Morgan fingerprint density at radius 1 is 1.24 bits per heavy atom. The van der Waals surface area contributed by atoms with Crippen LogP contribution in [0.2, 0.25) is 5.02 Å². The number of carbonyl (C=O) groups is 1. The van der Waals surface area contributed by atoms with E-state index in [4.69, 9.17) is 11.6 Å². The molecule has 1 aliphatic carbocycles. The summed E-state index contributed by atoms with van der Waals surface area (Å²) in [6.45, 7) is 0.204. The van der Waals surface area contributed by atoms with Gasteiger partial charge in [-0.15, -0.1) is 0 Å². The van der Waals surface area contributed by atoms with Crippen LogP contribution in [0.3, 0.4) is 0 Å². The molecular formula is C17H14ClFN2O3S. The molecule has 2 aromatic carbocycles. The van der Waals surface area contributed by atoms with Crippen molar-refractivity contribution in [3.8, 4) is 0 Å². The molecule has 0 spiro atoms. The number of benzene rings is 2. The number of fused-ring (bicyclic) bond motifs is 1. The van der Waals surface area contributed by atoms with E-state index >= 15 is 0 Å². The van der Waals surface area contributed by atoms with Crippen LogP contribution in [0, 0.1) is 5.82 Å². The predicted octanol–water partition coefficient (Wildman–Crippen LogP) is 3.40. The molecule has 1 fully saturated rings. The van der Waals surface area contributed by atoms with Crippen LogP contribution in [0.1, 0.15) is 28.8 Å². The van der Waals surface area contributed by atoms with Crippen LogP contribution in [-0.2, 0) is 16.6 Å². The van der Waals surface area contributed by atoms with E-state index in [1.54, 1.807) is 12.1 Å². The zero-order chi connectivity index (χ0) is 17.8. The summed E-state index contributed by atoms with van der Waals surface area (Å²) in [7, 11) is -3.54. The van der Waals surface area contributed by atoms with Crippen LogP contribution < -0.4 is 5.32 Å². The molecule has 0 atom stereocenters. The molecule has 0 unspecified atom stereocenters. The van der Waals surface area contributed by atoms with E-state index in [2.05, 4.69) is 5.32 Å². The zero-order valence-electron chi connectivity index (χ0n) is 13.0. The van der Waals surface area contributed by atoms with Gasteiger partial charge in [0.1, 0.15) is 5.82 Å². The number of hydrogen-bond donors (Lipinski definition) is 1. The lowest BCUT2D eigenvalue weighted by molar-refractivity contribution is 0.102. The van der Waals surface area contributed by atoms with Gasteiger partial charge in [-0.3, -0.25) is 4.79 Å². The highest BCUT2D eigenvalue weighted by Gasteiger charge is 2.44. The third-order valence-electron chi connectivity index (χ3n) is 4.41. The Kier molecular flexibility index (Phi) is 3.82. The number of hydrogen-bond acceptors (Lipinski definition) is 3. The van der Waals surface area contributed by atoms with Crippen molar-refractivity contribution >= 4 is 33.2 Å². The Balaban J connectivity index is 1.67. The zero-order valence-corrected chi connectivity index (χ0v) is 14.6. The third-order valence-corrected chi connectivity index (χ3v) is 6.68. The van der Waals surface area contributed by atoms with Gasteiger partial charge in [-0.2, -0.15) is 4.31 Å². The molecule has 0 saturated heterocycles. The minimum absolute atomic E-state index is 0.0317. The van der Waals surface area contributed by atoms with E-state index in [0.29, 0.717) is 16.8 Å². The Bertz CT molecular complexity index is 989. The second-order valence-corrected chi connectivity index (χ2v) is 8.41. The van der Waals surface area contributed by atoms with Crippen LogP contribution in [0.15, 0.2) is 41.3 Å². The fraction of sp³-hybridized carbons (Fsp3) is 0.235. The molecule has 1 heterocycles. The van der Waals surface area contributed by atoms with E-state index in [0.717, 1.165) is 18.9 Å². The van der Waals surface area contributed by atoms with E-state index in [1.165, 1.54) is 22.5 Å². The fourth-order valence-electron chi connectivity index (χ4n) is 3.01. The summed E-state index contributed by atoms with van der Waals surface area (Å²) in [5.74, 6) is -1.03. The maximum Gasteiger partial charge on any atom is 0.256 e. The van der Waals surface area contributed by atoms with Gasteiger partial charge in [0, 0.05) is 29.4 Å². The van der Waals surface area contributed by atoms with Gasteiger partial charge in [0.05, 0.1) is 9.92 Å². The Labute approximate surface area is 149 Å². The molecule has 1 saturated carbocycles. The van der Waals surface area contributed by atoms with Gasteiger partial charge < -0.3 is 5.32 Å². The minimum Gasteiger partial charge on any atom is -0.322 e. The van der Waals surface area contributed by atoms with Gasteiger partial charge in [0.2, 0.25) is 10.0 Å². The number of carbonyl (C=O) groups excluding carboxylic acids is 1. The van der Waals surface area contributed by atoms with Crippen LogP contribution >= 0.6 is 11.6 Å². The van der Waals surface area contributed by atoms with Gasteiger partial charge in [-0.25, -0.2) is 12.8 Å². The van der Waals surface area contributed by atoms with Crippen molar-refractivity contribution in [2.45, 2.75) is 30.3 Å². The first-order valence-corrected chi connectivity index (χ1v) is 9.60. The molecule has 0 aromatic heterocycles. The molecule has 130 valence electrons. The highest BCUT2D eigenvalue weighted by Crippen LogP contribution is 2.40. The second-order valence-electron chi connectivity index (χ2n) is 6.15. The highest BCUT2D eigenvalue weighted by atomic mass is 35.5. The first-order valence-electron chi connectivity index (χ1n) is 7.78. The second kappa shape index (κ2) is 5.79. The lowest BCUT2D eigenvalue weighted by atomic mass is 10.1. The minimum atomic E-state index is -3.54. The third kappa shape index (κ3) is 2.82. The molecule has 25 heavy (non-hydrogen) atoms. The van der Waals surface area contributed by atoms with Crippen molar-refractivity contribution in [2.24, 2.45) is 0 Å². The maximum absolute atomic E-state index is 13.2. The maximum atomic E-state index is 13.2. The van der Waals surface area contributed by atoms with Crippen LogP contribution in [-0.4, -0.2) is 24.7 Å². The first kappa shape index (κ1) is 16.5. The molecule has 0 radical (unpaired) electrons. The van der Waals surface area contributed by atoms with Gasteiger partial charge >= 0.3 is 0 Å². The molecular weight excluding hydrogens is 367 g/mol. The van der Waals surface area contributed by atoms with E-state index in [-0.39, 0.29) is 22.5 Å². The topological polar surface area (TPSA) is 66.5 Å². The summed E-state index contributed by atoms with van der Waals surface area (Å²) in [5, 5.41) is 2.54. The summed E-state index contributed by atoms with van der Waals surface area (Å²) < 4.78 is 39.9. The Hall–Kier alpha value is -1.96. The molecule has 2 aliphatic rings.